The van der Waals surface area contributed by atoms with Crippen LogP contribution in [-0.2, 0) is 0 Å². The van der Waals surface area contributed by atoms with Gasteiger partial charge in [-0.15, -0.1) is 0 Å². The standard InChI is InChI=1S/C19H26N2/c1-2-20-19(14-15-8-4-3-5-9-15)18-13-12-16-10-6-7-11-17(16)21-18/h6-7,10-13,15,19-20H,2-5,8-9,14H2,1H3. The summed E-state index contributed by atoms with van der Waals surface area (Å²) >= 11 is 0. The highest BCUT2D eigenvalue weighted by molar-refractivity contribution is 5.78. The Hall–Kier alpha value is -1.41. The summed E-state index contributed by atoms with van der Waals surface area (Å²) in [7, 11) is 0. The molecule has 2 aromatic rings. The molecule has 0 aliphatic heterocycles. The van der Waals surface area contributed by atoms with Crippen LogP contribution in [-0.4, -0.2) is 11.5 Å². The molecule has 1 aliphatic rings. The maximum atomic E-state index is 4.90. The van der Waals surface area contributed by atoms with E-state index in [2.05, 4.69) is 48.6 Å². The third kappa shape index (κ3) is 3.62. The summed E-state index contributed by atoms with van der Waals surface area (Å²) in [5.74, 6) is 0.871. The summed E-state index contributed by atoms with van der Waals surface area (Å²) < 4.78 is 0. The Labute approximate surface area is 128 Å². The first-order valence-corrected chi connectivity index (χ1v) is 8.46. The molecule has 1 fully saturated rings. The molecule has 112 valence electrons. The predicted molar refractivity (Wildman–Crippen MR) is 89.4 cm³/mol. The lowest BCUT2D eigenvalue weighted by atomic mass is 9.84. The Balaban J connectivity index is 1.80. The van der Waals surface area contributed by atoms with E-state index in [1.807, 2.05) is 0 Å². The van der Waals surface area contributed by atoms with Gasteiger partial charge in [-0.3, -0.25) is 4.98 Å². The molecule has 1 aromatic heterocycles. The third-order valence-electron chi connectivity index (χ3n) is 4.72. The summed E-state index contributed by atoms with van der Waals surface area (Å²) in [6, 6.07) is 13.2. The van der Waals surface area contributed by atoms with Crippen LogP contribution < -0.4 is 5.32 Å². The van der Waals surface area contributed by atoms with E-state index in [1.54, 1.807) is 0 Å². The lowest BCUT2D eigenvalue weighted by Crippen LogP contribution is -2.25. The molecule has 2 heteroatoms. The number of para-hydroxylation sites is 1. The summed E-state index contributed by atoms with van der Waals surface area (Å²) in [5, 5.41) is 4.88. The van der Waals surface area contributed by atoms with Gasteiger partial charge in [-0.05, 0) is 31.0 Å². The van der Waals surface area contributed by atoms with Gasteiger partial charge >= 0.3 is 0 Å². The van der Waals surface area contributed by atoms with Gasteiger partial charge in [-0.1, -0.05) is 63.3 Å². The molecule has 0 bridgehead atoms. The first kappa shape index (κ1) is 14.5. The molecular weight excluding hydrogens is 256 g/mol. The van der Waals surface area contributed by atoms with Gasteiger partial charge in [0.1, 0.15) is 0 Å². The Bertz CT molecular complexity index is 573. The Morgan fingerprint density at radius 1 is 1.10 bits per heavy atom. The summed E-state index contributed by atoms with van der Waals surface area (Å²) in [6.07, 6.45) is 8.28. The van der Waals surface area contributed by atoms with Gasteiger partial charge in [0, 0.05) is 11.4 Å². The van der Waals surface area contributed by atoms with Gasteiger partial charge < -0.3 is 5.32 Å². The molecule has 1 unspecified atom stereocenters. The topological polar surface area (TPSA) is 24.9 Å². The third-order valence-corrected chi connectivity index (χ3v) is 4.72. The van der Waals surface area contributed by atoms with Crippen molar-refractivity contribution in [3.8, 4) is 0 Å². The molecule has 0 saturated heterocycles. The largest absolute Gasteiger partial charge is 0.309 e. The van der Waals surface area contributed by atoms with Crippen LogP contribution in [0.25, 0.3) is 10.9 Å². The molecule has 0 spiro atoms. The van der Waals surface area contributed by atoms with Crippen molar-refractivity contribution in [2.24, 2.45) is 5.92 Å². The zero-order valence-corrected chi connectivity index (χ0v) is 13.0. The first-order chi connectivity index (χ1) is 10.4. The van der Waals surface area contributed by atoms with E-state index >= 15 is 0 Å². The lowest BCUT2D eigenvalue weighted by molar-refractivity contribution is 0.299. The molecular formula is C19H26N2. The number of hydrogen-bond donors (Lipinski definition) is 1. The molecule has 1 heterocycles. The van der Waals surface area contributed by atoms with Gasteiger partial charge in [0.2, 0.25) is 0 Å². The number of nitrogens with zero attached hydrogens (tertiary/aromatic N) is 1. The highest BCUT2D eigenvalue weighted by atomic mass is 14.9. The first-order valence-electron chi connectivity index (χ1n) is 8.46. The minimum Gasteiger partial charge on any atom is -0.309 e. The summed E-state index contributed by atoms with van der Waals surface area (Å²) in [4.78, 5) is 4.90. The van der Waals surface area contributed by atoms with Crippen molar-refractivity contribution in [3.05, 3.63) is 42.1 Å². The van der Waals surface area contributed by atoms with E-state index < -0.39 is 0 Å². The van der Waals surface area contributed by atoms with Gasteiger partial charge in [0.05, 0.1) is 11.2 Å². The molecule has 21 heavy (non-hydrogen) atoms. The van der Waals surface area contributed by atoms with Crippen molar-refractivity contribution in [3.63, 3.8) is 0 Å². The molecule has 0 radical (unpaired) electrons. The molecule has 1 aliphatic carbocycles. The summed E-state index contributed by atoms with van der Waals surface area (Å²) in [5.41, 5.74) is 2.32. The van der Waals surface area contributed by atoms with Crippen LogP contribution in [0.2, 0.25) is 0 Å². The van der Waals surface area contributed by atoms with Crippen molar-refractivity contribution in [1.82, 2.24) is 10.3 Å². The number of hydrogen-bond acceptors (Lipinski definition) is 2. The second kappa shape index (κ2) is 7.04. The fraction of sp³-hybridized carbons (Fsp3) is 0.526. The smallest absolute Gasteiger partial charge is 0.0706 e. The maximum Gasteiger partial charge on any atom is 0.0706 e. The maximum absolute atomic E-state index is 4.90. The number of rotatable bonds is 5. The minimum absolute atomic E-state index is 0.405. The highest BCUT2D eigenvalue weighted by Crippen LogP contribution is 2.31. The summed E-state index contributed by atoms with van der Waals surface area (Å²) in [6.45, 7) is 3.20. The Morgan fingerprint density at radius 2 is 1.90 bits per heavy atom. The lowest BCUT2D eigenvalue weighted by Gasteiger charge is -2.27. The van der Waals surface area contributed by atoms with Gasteiger partial charge in [-0.2, -0.15) is 0 Å². The monoisotopic (exact) mass is 282 g/mol. The number of pyridine rings is 1. The second-order valence-corrected chi connectivity index (χ2v) is 6.28. The van der Waals surface area contributed by atoms with Crippen molar-refractivity contribution in [2.45, 2.75) is 51.5 Å². The van der Waals surface area contributed by atoms with Crippen molar-refractivity contribution in [1.29, 1.82) is 0 Å². The minimum atomic E-state index is 0.405. The number of aromatic nitrogens is 1. The van der Waals surface area contributed by atoms with E-state index in [0.29, 0.717) is 6.04 Å². The molecule has 0 amide bonds. The normalized spacial score (nSPS) is 18.0. The van der Waals surface area contributed by atoms with Crippen LogP contribution in [0, 0.1) is 5.92 Å². The average Bonchev–Trinajstić information content (AvgIpc) is 2.55. The zero-order chi connectivity index (χ0) is 14.5. The van der Waals surface area contributed by atoms with E-state index in [-0.39, 0.29) is 0 Å². The SMILES string of the molecule is CCNC(CC1CCCCC1)c1ccc2ccccc2n1. The van der Waals surface area contributed by atoms with Crippen LogP contribution in [0.4, 0.5) is 0 Å². The van der Waals surface area contributed by atoms with Crippen LogP contribution in [0.1, 0.15) is 57.2 Å². The van der Waals surface area contributed by atoms with E-state index in [1.165, 1.54) is 49.6 Å². The predicted octanol–water partition coefficient (Wildman–Crippen LogP) is 4.86. The van der Waals surface area contributed by atoms with E-state index in [0.717, 1.165) is 18.0 Å². The van der Waals surface area contributed by atoms with E-state index in [4.69, 9.17) is 4.98 Å². The average molecular weight is 282 g/mol. The number of benzene rings is 1. The fourth-order valence-electron chi connectivity index (χ4n) is 3.59. The number of nitrogens with one attached hydrogen (secondary N) is 1. The molecule has 1 saturated carbocycles. The molecule has 1 atom stereocenters. The van der Waals surface area contributed by atoms with Crippen LogP contribution in [0.3, 0.4) is 0 Å². The fourth-order valence-corrected chi connectivity index (χ4v) is 3.59. The van der Waals surface area contributed by atoms with E-state index in [9.17, 15) is 0 Å². The van der Waals surface area contributed by atoms with Crippen LogP contribution >= 0.6 is 0 Å². The van der Waals surface area contributed by atoms with Crippen molar-refractivity contribution in [2.75, 3.05) is 6.54 Å². The number of fused-ring (bicyclic) bond motifs is 1. The van der Waals surface area contributed by atoms with Gasteiger partial charge in [-0.25, -0.2) is 0 Å². The zero-order valence-electron chi connectivity index (χ0n) is 13.0. The van der Waals surface area contributed by atoms with Crippen LogP contribution in [0.15, 0.2) is 36.4 Å². The molecule has 3 rings (SSSR count). The van der Waals surface area contributed by atoms with Crippen molar-refractivity contribution >= 4 is 10.9 Å². The quantitative estimate of drug-likeness (QED) is 0.847. The molecule has 1 aromatic carbocycles. The molecule has 1 N–H and O–H groups in total. The van der Waals surface area contributed by atoms with Crippen LogP contribution in [0.5, 0.6) is 0 Å². The Morgan fingerprint density at radius 3 is 2.71 bits per heavy atom. The Kier molecular flexibility index (Phi) is 4.87. The van der Waals surface area contributed by atoms with Crippen molar-refractivity contribution < 1.29 is 0 Å². The highest BCUT2D eigenvalue weighted by Gasteiger charge is 2.20. The van der Waals surface area contributed by atoms with Gasteiger partial charge in [0.15, 0.2) is 0 Å². The second-order valence-electron chi connectivity index (χ2n) is 6.28. The van der Waals surface area contributed by atoms with Gasteiger partial charge in [0.25, 0.3) is 0 Å². The molecule has 2 nitrogen and oxygen atoms in total.